The average molecular weight is 385 g/mol. The van der Waals surface area contributed by atoms with E-state index in [1.807, 2.05) is 30.3 Å². The Balaban J connectivity index is 1.62. The highest BCUT2D eigenvalue weighted by Crippen LogP contribution is 2.21. The molecule has 2 aromatic carbocycles. The number of carbonyl (C=O) groups is 2. The standard InChI is InChI=1S/C18H13BrN2O3/c19-14-8-6-13(7-9-14)17(22)20-21-18(23)16-11-10-15(24-16)12-4-2-1-3-5-12/h1-11H,(H,20,22)(H,21,23). The van der Waals surface area contributed by atoms with E-state index in [-0.39, 0.29) is 5.76 Å². The minimum atomic E-state index is -0.525. The molecule has 0 aliphatic carbocycles. The Labute approximate surface area is 146 Å². The molecule has 1 aromatic heterocycles. The summed E-state index contributed by atoms with van der Waals surface area (Å²) in [6.07, 6.45) is 0. The summed E-state index contributed by atoms with van der Waals surface area (Å²) in [5, 5.41) is 0. The van der Waals surface area contributed by atoms with Gasteiger partial charge >= 0.3 is 5.91 Å². The molecule has 0 radical (unpaired) electrons. The molecule has 0 fully saturated rings. The second-order valence-electron chi connectivity index (χ2n) is 4.95. The van der Waals surface area contributed by atoms with E-state index in [0.29, 0.717) is 11.3 Å². The maximum absolute atomic E-state index is 12.1. The Bertz CT molecular complexity index is 857. The van der Waals surface area contributed by atoms with Crippen LogP contribution in [0.4, 0.5) is 0 Å². The van der Waals surface area contributed by atoms with Gasteiger partial charge in [-0.2, -0.15) is 0 Å². The van der Waals surface area contributed by atoms with Gasteiger partial charge in [0.1, 0.15) is 5.76 Å². The lowest BCUT2D eigenvalue weighted by molar-refractivity contribution is 0.0831. The van der Waals surface area contributed by atoms with Crippen molar-refractivity contribution in [2.75, 3.05) is 0 Å². The van der Waals surface area contributed by atoms with Gasteiger partial charge in [0.05, 0.1) is 0 Å². The molecule has 2 amide bonds. The number of furan rings is 1. The van der Waals surface area contributed by atoms with Crippen LogP contribution in [-0.4, -0.2) is 11.8 Å². The number of benzene rings is 2. The quantitative estimate of drug-likeness (QED) is 0.674. The summed E-state index contributed by atoms with van der Waals surface area (Å²) in [5.41, 5.74) is 5.99. The highest BCUT2D eigenvalue weighted by atomic mass is 79.9. The zero-order chi connectivity index (χ0) is 16.9. The van der Waals surface area contributed by atoms with Crippen LogP contribution in [0.15, 0.2) is 75.6 Å². The third kappa shape index (κ3) is 3.72. The Hall–Kier alpha value is -2.86. The van der Waals surface area contributed by atoms with E-state index in [2.05, 4.69) is 26.8 Å². The van der Waals surface area contributed by atoms with Gasteiger partial charge in [-0.1, -0.05) is 46.3 Å². The molecule has 5 nitrogen and oxygen atoms in total. The van der Waals surface area contributed by atoms with Crippen LogP contribution in [0.1, 0.15) is 20.9 Å². The van der Waals surface area contributed by atoms with Crippen LogP contribution in [0.5, 0.6) is 0 Å². The summed E-state index contributed by atoms with van der Waals surface area (Å²) in [5.74, 6) is -0.238. The molecule has 3 rings (SSSR count). The molecule has 1 heterocycles. The first-order chi connectivity index (χ1) is 11.6. The van der Waals surface area contributed by atoms with Crippen LogP contribution in [0, 0.1) is 0 Å². The normalized spacial score (nSPS) is 10.2. The van der Waals surface area contributed by atoms with Gasteiger partial charge in [-0.05, 0) is 36.4 Å². The molecule has 0 saturated heterocycles. The number of rotatable bonds is 3. The van der Waals surface area contributed by atoms with Crippen molar-refractivity contribution in [3.63, 3.8) is 0 Å². The van der Waals surface area contributed by atoms with E-state index < -0.39 is 11.8 Å². The second kappa shape index (κ2) is 7.14. The number of carbonyl (C=O) groups excluding carboxylic acids is 2. The largest absolute Gasteiger partial charge is 0.451 e. The van der Waals surface area contributed by atoms with Gasteiger partial charge in [-0.3, -0.25) is 20.4 Å². The van der Waals surface area contributed by atoms with Gasteiger partial charge in [0.15, 0.2) is 5.76 Å². The number of hydrogen-bond donors (Lipinski definition) is 2. The minimum Gasteiger partial charge on any atom is -0.451 e. The second-order valence-corrected chi connectivity index (χ2v) is 5.86. The molecular weight excluding hydrogens is 372 g/mol. The van der Waals surface area contributed by atoms with Crippen molar-refractivity contribution in [1.29, 1.82) is 0 Å². The molecule has 0 saturated carbocycles. The third-order valence-electron chi connectivity index (χ3n) is 3.28. The average Bonchev–Trinajstić information content (AvgIpc) is 3.11. The van der Waals surface area contributed by atoms with Crippen molar-refractivity contribution in [1.82, 2.24) is 10.9 Å². The van der Waals surface area contributed by atoms with E-state index in [0.717, 1.165) is 10.0 Å². The highest BCUT2D eigenvalue weighted by Gasteiger charge is 2.13. The Morgan fingerprint density at radius 3 is 2.17 bits per heavy atom. The number of halogens is 1. The molecule has 0 aliphatic heterocycles. The summed E-state index contributed by atoms with van der Waals surface area (Å²) >= 11 is 3.30. The minimum absolute atomic E-state index is 0.116. The number of hydrogen-bond acceptors (Lipinski definition) is 3. The SMILES string of the molecule is O=C(NNC(=O)c1ccc(-c2ccccc2)o1)c1ccc(Br)cc1. The van der Waals surface area contributed by atoms with E-state index in [9.17, 15) is 9.59 Å². The number of hydrazine groups is 1. The monoisotopic (exact) mass is 384 g/mol. The van der Waals surface area contributed by atoms with Gasteiger partial charge in [0.2, 0.25) is 0 Å². The summed E-state index contributed by atoms with van der Waals surface area (Å²) in [7, 11) is 0. The van der Waals surface area contributed by atoms with Crippen molar-refractivity contribution in [3.8, 4) is 11.3 Å². The maximum atomic E-state index is 12.1. The van der Waals surface area contributed by atoms with Gasteiger partial charge in [-0.25, -0.2) is 0 Å². The molecule has 6 heteroatoms. The fourth-order valence-electron chi connectivity index (χ4n) is 2.07. The Morgan fingerprint density at radius 1 is 0.792 bits per heavy atom. The van der Waals surface area contributed by atoms with Crippen LogP contribution >= 0.6 is 15.9 Å². The van der Waals surface area contributed by atoms with Crippen molar-refractivity contribution >= 4 is 27.7 Å². The van der Waals surface area contributed by atoms with Crippen molar-refractivity contribution < 1.29 is 14.0 Å². The van der Waals surface area contributed by atoms with Crippen LogP contribution < -0.4 is 10.9 Å². The summed E-state index contributed by atoms with van der Waals surface area (Å²) in [6, 6.07) is 19.5. The Morgan fingerprint density at radius 2 is 1.46 bits per heavy atom. The summed E-state index contributed by atoms with van der Waals surface area (Å²) in [4.78, 5) is 24.0. The molecule has 0 spiro atoms. The molecule has 2 N–H and O–H groups in total. The first-order valence-corrected chi connectivity index (χ1v) is 7.94. The molecule has 120 valence electrons. The summed E-state index contributed by atoms with van der Waals surface area (Å²) in [6.45, 7) is 0. The molecular formula is C18H13BrN2O3. The van der Waals surface area contributed by atoms with Gasteiger partial charge in [0.25, 0.3) is 5.91 Å². The predicted octanol–water partition coefficient (Wildman–Crippen LogP) is 3.78. The lowest BCUT2D eigenvalue weighted by Gasteiger charge is -2.06. The predicted molar refractivity (Wildman–Crippen MR) is 93.2 cm³/mol. The Kier molecular flexibility index (Phi) is 4.77. The van der Waals surface area contributed by atoms with Crippen LogP contribution in [-0.2, 0) is 0 Å². The fraction of sp³-hybridized carbons (Fsp3) is 0. The molecule has 0 atom stereocenters. The van der Waals surface area contributed by atoms with Gasteiger partial charge in [-0.15, -0.1) is 0 Å². The zero-order valence-electron chi connectivity index (χ0n) is 12.5. The lowest BCUT2D eigenvalue weighted by Crippen LogP contribution is -2.41. The topological polar surface area (TPSA) is 71.3 Å². The van der Waals surface area contributed by atoms with Crippen LogP contribution in [0.25, 0.3) is 11.3 Å². The first-order valence-electron chi connectivity index (χ1n) is 7.15. The van der Waals surface area contributed by atoms with E-state index in [4.69, 9.17) is 4.42 Å². The zero-order valence-corrected chi connectivity index (χ0v) is 14.0. The van der Waals surface area contributed by atoms with Crippen molar-refractivity contribution in [2.24, 2.45) is 0 Å². The number of amides is 2. The van der Waals surface area contributed by atoms with E-state index in [1.165, 1.54) is 0 Å². The highest BCUT2D eigenvalue weighted by molar-refractivity contribution is 9.10. The lowest BCUT2D eigenvalue weighted by atomic mass is 10.2. The summed E-state index contributed by atoms with van der Waals surface area (Å²) < 4.78 is 6.38. The van der Waals surface area contributed by atoms with Gasteiger partial charge in [0, 0.05) is 15.6 Å². The van der Waals surface area contributed by atoms with Gasteiger partial charge < -0.3 is 4.42 Å². The fourth-order valence-corrected chi connectivity index (χ4v) is 2.33. The molecule has 0 bridgehead atoms. The van der Waals surface area contributed by atoms with E-state index in [1.54, 1.807) is 36.4 Å². The molecule has 3 aromatic rings. The van der Waals surface area contributed by atoms with E-state index >= 15 is 0 Å². The molecule has 0 unspecified atom stereocenters. The molecule has 24 heavy (non-hydrogen) atoms. The van der Waals surface area contributed by atoms with Crippen LogP contribution in [0.2, 0.25) is 0 Å². The first kappa shape index (κ1) is 16.0. The van der Waals surface area contributed by atoms with Crippen LogP contribution in [0.3, 0.4) is 0 Å². The smallest absolute Gasteiger partial charge is 0.305 e. The van der Waals surface area contributed by atoms with Crippen molar-refractivity contribution in [3.05, 3.63) is 82.5 Å². The van der Waals surface area contributed by atoms with Crippen molar-refractivity contribution in [2.45, 2.75) is 0 Å². The third-order valence-corrected chi connectivity index (χ3v) is 3.81. The molecule has 0 aliphatic rings. The number of nitrogens with one attached hydrogen (secondary N) is 2. The maximum Gasteiger partial charge on any atom is 0.305 e.